The van der Waals surface area contributed by atoms with Crippen LogP contribution in [0, 0.1) is 28.6 Å². The van der Waals surface area contributed by atoms with E-state index < -0.39 is 82.3 Å². The number of rotatable bonds is 2. The Bertz CT molecular complexity index is 1030. The van der Waals surface area contributed by atoms with E-state index in [0.29, 0.717) is 5.57 Å². The van der Waals surface area contributed by atoms with Gasteiger partial charge in [0.05, 0.1) is 25.7 Å². The first-order valence-corrected chi connectivity index (χ1v) is 11.3. The molecule has 2 saturated carbocycles. The van der Waals surface area contributed by atoms with Gasteiger partial charge in [-0.25, -0.2) is 9.59 Å². The zero-order valence-corrected chi connectivity index (χ0v) is 19.3. The summed E-state index contributed by atoms with van der Waals surface area (Å²) < 4.78 is 22.0. The molecular weight excluding hydrogens is 452 g/mol. The lowest BCUT2D eigenvalue weighted by atomic mass is 9.38. The second-order valence-corrected chi connectivity index (χ2v) is 10.5. The highest BCUT2D eigenvalue weighted by molar-refractivity contribution is 5.95. The molecule has 10 atom stereocenters. The third kappa shape index (κ3) is 2.42. The molecule has 0 amide bonds. The van der Waals surface area contributed by atoms with Crippen molar-refractivity contribution in [3.8, 4) is 0 Å². The Morgan fingerprint density at radius 2 is 1.85 bits per heavy atom. The monoisotopic (exact) mass is 480 g/mol. The maximum Gasteiger partial charge on any atom is 0.348 e. The van der Waals surface area contributed by atoms with E-state index in [4.69, 9.17) is 18.9 Å². The maximum atomic E-state index is 13.1. The van der Waals surface area contributed by atoms with Crippen molar-refractivity contribution < 1.29 is 53.4 Å². The molecule has 11 nitrogen and oxygen atoms in total. The van der Waals surface area contributed by atoms with E-state index in [1.54, 1.807) is 13.8 Å². The van der Waals surface area contributed by atoms with Crippen molar-refractivity contribution in [2.45, 2.75) is 63.6 Å². The number of aliphatic hydroxyl groups is 3. The van der Waals surface area contributed by atoms with Gasteiger partial charge in [0.1, 0.15) is 12.2 Å². The summed E-state index contributed by atoms with van der Waals surface area (Å²) in [6.07, 6.45) is -5.85. The molecule has 5 aliphatic rings. The minimum Gasteiger partial charge on any atom is -0.504 e. The Morgan fingerprint density at radius 3 is 2.47 bits per heavy atom. The van der Waals surface area contributed by atoms with E-state index in [1.807, 2.05) is 0 Å². The molecule has 3 N–H and O–H groups in total. The molecule has 186 valence electrons. The standard InChI is InChI=1S/C23H28O11/c1-8-10-5-12-22-7-32-23(20(30)31-4,17(22)15(19(29)34-12)33-9(2)24)18(28)14(27)16(22)21(10,3)6-11(25)13(8)26/h10,12,14-18,26-28H,5-7H2,1-4H3/t10-,12+,14?,15+,16+,17+,18?,21-,22+,23-/m0/s1. The largest absolute Gasteiger partial charge is 0.504 e. The summed E-state index contributed by atoms with van der Waals surface area (Å²) in [5, 5.41) is 33.3. The highest BCUT2D eigenvalue weighted by Crippen LogP contribution is 2.72. The van der Waals surface area contributed by atoms with E-state index in [2.05, 4.69) is 0 Å². The fourth-order valence-electron chi connectivity index (χ4n) is 8.03. The minimum atomic E-state index is -2.18. The van der Waals surface area contributed by atoms with Crippen LogP contribution in [-0.4, -0.2) is 82.7 Å². The van der Waals surface area contributed by atoms with Crippen molar-refractivity contribution in [2.75, 3.05) is 13.7 Å². The highest BCUT2D eigenvalue weighted by atomic mass is 16.6. The van der Waals surface area contributed by atoms with Crippen molar-refractivity contribution >= 4 is 23.7 Å². The maximum absolute atomic E-state index is 13.1. The topological polar surface area (TPSA) is 166 Å². The molecular formula is C23H28O11. The van der Waals surface area contributed by atoms with Gasteiger partial charge in [0.15, 0.2) is 11.5 Å². The summed E-state index contributed by atoms with van der Waals surface area (Å²) in [5.41, 5.74) is -4.02. The Balaban J connectivity index is 1.78. The van der Waals surface area contributed by atoms with Crippen LogP contribution in [-0.2, 0) is 38.1 Å². The second kappa shape index (κ2) is 7.02. The fraction of sp³-hybridized carbons (Fsp3) is 0.739. The first kappa shape index (κ1) is 23.3. The van der Waals surface area contributed by atoms with E-state index in [0.717, 1.165) is 14.0 Å². The number of methoxy groups -OCH3 is 1. The molecule has 3 aliphatic carbocycles. The zero-order valence-electron chi connectivity index (χ0n) is 19.3. The lowest BCUT2D eigenvalue weighted by Gasteiger charge is -2.67. The summed E-state index contributed by atoms with van der Waals surface area (Å²) >= 11 is 0. The number of carbonyl (C=O) groups is 4. The fourth-order valence-corrected chi connectivity index (χ4v) is 8.03. The lowest BCUT2D eigenvalue weighted by Crippen LogP contribution is -2.79. The molecule has 2 saturated heterocycles. The number of esters is 3. The molecule has 4 fully saturated rings. The number of fused-ring (bicyclic) bond motifs is 2. The summed E-state index contributed by atoms with van der Waals surface area (Å²) in [7, 11) is 1.09. The van der Waals surface area contributed by atoms with Crippen LogP contribution >= 0.6 is 0 Å². The van der Waals surface area contributed by atoms with Crippen molar-refractivity contribution in [2.24, 2.45) is 28.6 Å². The van der Waals surface area contributed by atoms with Gasteiger partial charge in [-0.15, -0.1) is 0 Å². The van der Waals surface area contributed by atoms with Gasteiger partial charge >= 0.3 is 17.9 Å². The van der Waals surface area contributed by atoms with E-state index >= 15 is 0 Å². The normalized spacial score (nSPS) is 49.1. The lowest BCUT2D eigenvalue weighted by molar-refractivity contribution is -0.290. The van der Waals surface area contributed by atoms with Gasteiger partial charge < -0.3 is 34.3 Å². The average Bonchev–Trinajstić information content (AvgIpc) is 3.08. The first-order valence-electron chi connectivity index (χ1n) is 11.3. The van der Waals surface area contributed by atoms with Crippen LogP contribution in [0.4, 0.5) is 0 Å². The van der Waals surface area contributed by atoms with Crippen LogP contribution in [0.1, 0.15) is 33.6 Å². The molecule has 2 heterocycles. The van der Waals surface area contributed by atoms with Gasteiger partial charge in [0, 0.05) is 24.7 Å². The van der Waals surface area contributed by atoms with Crippen molar-refractivity contribution in [1.29, 1.82) is 0 Å². The van der Waals surface area contributed by atoms with Gasteiger partial charge in [-0.2, -0.15) is 0 Å². The summed E-state index contributed by atoms with van der Waals surface area (Å²) in [6.45, 7) is 4.30. The summed E-state index contributed by atoms with van der Waals surface area (Å²) in [6, 6.07) is 0. The average molecular weight is 480 g/mol. The number of allylic oxidation sites excluding steroid dienone is 2. The summed E-state index contributed by atoms with van der Waals surface area (Å²) in [4.78, 5) is 50.9. The highest BCUT2D eigenvalue weighted by Gasteiger charge is 2.85. The quantitative estimate of drug-likeness (QED) is 0.347. The van der Waals surface area contributed by atoms with E-state index in [1.165, 1.54) is 0 Å². The molecule has 0 aromatic heterocycles. The van der Waals surface area contributed by atoms with Crippen LogP contribution in [0.15, 0.2) is 11.3 Å². The number of Topliss-reactive ketones (excluding diaryl/α,β-unsaturated/α-hetero) is 1. The molecule has 11 heteroatoms. The SMILES string of the molecule is COC(=O)[C@@]12OC[C@]34[C@H](C(O)C1O)[C@@]1(C)CC(=O)C(O)=C(C)[C@@H]1C[C@H]3OC(=O)[C@H](OC(C)=O)[C@H]42. The Labute approximate surface area is 195 Å². The molecule has 0 radical (unpaired) electrons. The van der Waals surface area contributed by atoms with Crippen LogP contribution in [0.5, 0.6) is 0 Å². The van der Waals surface area contributed by atoms with Crippen molar-refractivity contribution in [3.05, 3.63) is 11.3 Å². The van der Waals surface area contributed by atoms with Gasteiger partial charge in [0.25, 0.3) is 0 Å². The molecule has 5 rings (SSSR count). The van der Waals surface area contributed by atoms with E-state index in [9.17, 15) is 34.5 Å². The number of hydrogen-bond acceptors (Lipinski definition) is 11. The number of hydrogen-bond donors (Lipinski definition) is 3. The number of ketones is 1. The van der Waals surface area contributed by atoms with E-state index in [-0.39, 0.29) is 25.2 Å². The number of ether oxygens (including phenoxy) is 4. The predicted molar refractivity (Wildman–Crippen MR) is 109 cm³/mol. The molecule has 2 aliphatic heterocycles. The predicted octanol–water partition coefficient (Wildman–Crippen LogP) is -0.429. The van der Waals surface area contributed by atoms with Crippen molar-refractivity contribution in [3.63, 3.8) is 0 Å². The summed E-state index contributed by atoms with van der Waals surface area (Å²) in [5.74, 6) is -6.15. The second-order valence-electron chi connectivity index (χ2n) is 10.5. The third-order valence-corrected chi connectivity index (χ3v) is 9.13. The minimum absolute atomic E-state index is 0.131. The van der Waals surface area contributed by atoms with Crippen LogP contribution in [0.2, 0.25) is 0 Å². The van der Waals surface area contributed by atoms with Crippen molar-refractivity contribution in [1.82, 2.24) is 0 Å². The Morgan fingerprint density at radius 1 is 1.18 bits per heavy atom. The van der Waals surface area contributed by atoms with Gasteiger partial charge in [-0.1, -0.05) is 6.92 Å². The molecule has 2 unspecified atom stereocenters. The van der Waals surface area contributed by atoms with Crippen LogP contribution in [0.3, 0.4) is 0 Å². The molecule has 34 heavy (non-hydrogen) atoms. The van der Waals surface area contributed by atoms with Gasteiger partial charge in [-0.3, -0.25) is 9.59 Å². The zero-order chi connectivity index (χ0) is 25.0. The smallest absolute Gasteiger partial charge is 0.348 e. The van der Waals surface area contributed by atoms with Gasteiger partial charge in [-0.05, 0) is 30.3 Å². The van der Waals surface area contributed by atoms with Crippen LogP contribution < -0.4 is 0 Å². The Hall–Kier alpha value is -2.50. The number of carbonyl (C=O) groups excluding carboxylic acids is 4. The van der Waals surface area contributed by atoms with Crippen LogP contribution in [0.25, 0.3) is 0 Å². The molecule has 2 bridgehead atoms. The molecule has 0 aromatic rings. The molecule has 1 spiro atoms. The number of aliphatic hydroxyl groups excluding tert-OH is 3. The Kier molecular flexibility index (Phi) is 4.80. The molecule has 0 aromatic carbocycles. The van der Waals surface area contributed by atoms with Gasteiger partial charge in [0.2, 0.25) is 11.7 Å². The third-order valence-electron chi connectivity index (χ3n) is 9.13. The first-order chi connectivity index (χ1) is 15.9.